The minimum Gasteiger partial charge on any atom is -0.382 e. The fourth-order valence-corrected chi connectivity index (χ4v) is 3.19. The highest BCUT2D eigenvalue weighted by atomic mass is 14.9. The largest absolute Gasteiger partial charge is 0.382 e. The summed E-state index contributed by atoms with van der Waals surface area (Å²) in [5.41, 5.74) is 4.09. The Morgan fingerprint density at radius 2 is 1.70 bits per heavy atom. The highest BCUT2D eigenvalue weighted by Gasteiger charge is 2.23. The van der Waals surface area contributed by atoms with Crippen molar-refractivity contribution < 1.29 is 0 Å². The first kappa shape index (κ1) is 13.2. The predicted molar refractivity (Wildman–Crippen MR) is 86.1 cm³/mol. The molecular formula is C19H23N. The predicted octanol–water partition coefficient (Wildman–Crippen LogP) is 4.88. The van der Waals surface area contributed by atoms with Gasteiger partial charge in [0, 0.05) is 11.7 Å². The van der Waals surface area contributed by atoms with Crippen LogP contribution in [0.4, 0.5) is 5.69 Å². The van der Waals surface area contributed by atoms with Crippen molar-refractivity contribution >= 4 is 5.69 Å². The number of nitrogens with one attached hydrogen (secondary N) is 1. The summed E-state index contributed by atoms with van der Waals surface area (Å²) in [6, 6.07) is 20.1. The zero-order chi connectivity index (χ0) is 13.8. The SMILES string of the molecule is CC1CCCC1Nc1ccccc1Cc1ccccc1. The van der Waals surface area contributed by atoms with Crippen molar-refractivity contribution in [2.75, 3.05) is 5.32 Å². The Bertz CT molecular complexity index is 547. The highest BCUT2D eigenvalue weighted by molar-refractivity contribution is 5.53. The number of benzene rings is 2. The molecule has 1 nitrogen and oxygen atoms in total. The first-order valence-corrected chi connectivity index (χ1v) is 7.71. The maximum Gasteiger partial charge on any atom is 0.0378 e. The molecule has 1 aliphatic carbocycles. The van der Waals surface area contributed by atoms with E-state index in [2.05, 4.69) is 66.8 Å². The number of rotatable bonds is 4. The molecular weight excluding hydrogens is 242 g/mol. The summed E-state index contributed by atoms with van der Waals surface area (Å²) in [6.07, 6.45) is 5.03. The normalized spacial score (nSPS) is 21.9. The Morgan fingerprint density at radius 3 is 2.45 bits per heavy atom. The molecule has 1 saturated carbocycles. The van der Waals surface area contributed by atoms with E-state index in [0.29, 0.717) is 6.04 Å². The molecule has 0 heterocycles. The summed E-state index contributed by atoms with van der Waals surface area (Å²) in [6.45, 7) is 2.37. The maximum atomic E-state index is 3.78. The van der Waals surface area contributed by atoms with Gasteiger partial charge in [0.2, 0.25) is 0 Å². The zero-order valence-electron chi connectivity index (χ0n) is 12.2. The molecule has 1 aliphatic rings. The molecule has 2 unspecified atom stereocenters. The van der Waals surface area contributed by atoms with E-state index in [4.69, 9.17) is 0 Å². The molecule has 0 spiro atoms. The highest BCUT2D eigenvalue weighted by Crippen LogP contribution is 2.29. The van der Waals surface area contributed by atoms with Crippen LogP contribution in [0.5, 0.6) is 0 Å². The molecule has 0 aliphatic heterocycles. The van der Waals surface area contributed by atoms with E-state index >= 15 is 0 Å². The average molecular weight is 265 g/mol. The molecule has 20 heavy (non-hydrogen) atoms. The lowest BCUT2D eigenvalue weighted by Crippen LogP contribution is -2.22. The van der Waals surface area contributed by atoms with Crippen molar-refractivity contribution in [2.24, 2.45) is 5.92 Å². The molecule has 3 rings (SSSR count). The Morgan fingerprint density at radius 1 is 0.950 bits per heavy atom. The van der Waals surface area contributed by atoms with Crippen LogP contribution in [0, 0.1) is 5.92 Å². The smallest absolute Gasteiger partial charge is 0.0378 e. The molecule has 0 aromatic heterocycles. The van der Waals surface area contributed by atoms with E-state index in [9.17, 15) is 0 Å². The molecule has 2 aromatic carbocycles. The lowest BCUT2D eigenvalue weighted by Gasteiger charge is -2.21. The van der Waals surface area contributed by atoms with Gasteiger partial charge in [-0.2, -0.15) is 0 Å². The molecule has 0 radical (unpaired) electrons. The van der Waals surface area contributed by atoms with Crippen LogP contribution in [0.25, 0.3) is 0 Å². The Labute approximate surface area is 122 Å². The van der Waals surface area contributed by atoms with Gasteiger partial charge in [0.15, 0.2) is 0 Å². The second-order valence-electron chi connectivity index (χ2n) is 5.98. The number of para-hydroxylation sites is 1. The van der Waals surface area contributed by atoms with Crippen LogP contribution in [0.3, 0.4) is 0 Å². The van der Waals surface area contributed by atoms with Gasteiger partial charge >= 0.3 is 0 Å². The Hall–Kier alpha value is -1.76. The second-order valence-corrected chi connectivity index (χ2v) is 5.98. The average Bonchev–Trinajstić information content (AvgIpc) is 2.88. The molecule has 1 N–H and O–H groups in total. The molecule has 0 bridgehead atoms. The van der Waals surface area contributed by atoms with E-state index in [0.717, 1.165) is 12.3 Å². The zero-order valence-corrected chi connectivity index (χ0v) is 12.2. The molecule has 104 valence electrons. The molecule has 1 fully saturated rings. The lowest BCUT2D eigenvalue weighted by atomic mass is 10.0. The second kappa shape index (κ2) is 6.13. The molecule has 2 atom stereocenters. The summed E-state index contributed by atoms with van der Waals surface area (Å²) in [5.74, 6) is 0.791. The van der Waals surface area contributed by atoms with Gasteiger partial charge in [-0.1, -0.05) is 61.9 Å². The molecule has 0 amide bonds. The minimum absolute atomic E-state index is 0.645. The van der Waals surface area contributed by atoms with Gasteiger partial charge in [-0.05, 0) is 42.4 Å². The van der Waals surface area contributed by atoms with Crippen LogP contribution in [0.2, 0.25) is 0 Å². The van der Waals surface area contributed by atoms with Crippen LogP contribution < -0.4 is 5.32 Å². The van der Waals surface area contributed by atoms with Crippen molar-refractivity contribution in [3.8, 4) is 0 Å². The summed E-state index contributed by atoms with van der Waals surface area (Å²) in [4.78, 5) is 0. The Balaban J connectivity index is 1.77. The standard InChI is InChI=1S/C19H23N/c1-15-8-7-13-18(15)20-19-12-6-5-11-17(19)14-16-9-3-2-4-10-16/h2-6,9-12,15,18,20H,7-8,13-14H2,1H3. The van der Waals surface area contributed by atoms with Crippen molar-refractivity contribution in [2.45, 2.75) is 38.6 Å². The van der Waals surface area contributed by atoms with Crippen LogP contribution in [0.1, 0.15) is 37.3 Å². The van der Waals surface area contributed by atoms with Gasteiger partial charge in [0.05, 0.1) is 0 Å². The molecule has 0 saturated heterocycles. The summed E-state index contributed by atoms with van der Waals surface area (Å²) in [7, 11) is 0. The first-order chi connectivity index (χ1) is 9.83. The van der Waals surface area contributed by atoms with Crippen LogP contribution >= 0.6 is 0 Å². The first-order valence-electron chi connectivity index (χ1n) is 7.71. The Kier molecular flexibility index (Phi) is 4.05. The van der Waals surface area contributed by atoms with Gasteiger partial charge < -0.3 is 5.32 Å². The van der Waals surface area contributed by atoms with Gasteiger partial charge in [0.25, 0.3) is 0 Å². The lowest BCUT2D eigenvalue weighted by molar-refractivity contribution is 0.556. The number of hydrogen-bond acceptors (Lipinski definition) is 1. The molecule has 2 aromatic rings. The molecule has 1 heteroatoms. The fraction of sp³-hybridized carbons (Fsp3) is 0.368. The summed E-state index contributed by atoms with van der Waals surface area (Å²) in [5, 5.41) is 3.78. The van der Waals surface area contributed by atoms with E-state index in [-0.39, 0.29) is 0 Å². The van der Waals surface area contributed by atoms with Gasteiger partial charge in [-0.15, -0.1) is 0 Å². The quantitative estimate of drug-likeness (QED) is 0.831. The third-order valence-corrected chi connectivity index (χ3v) is 4.46. The van der Waals surface area contributed by atoms with Crippen molar-refractivity contribution in [3.05, 3.63) is 65.7 Å². The number of hydrogen-bond donors (Lipinski definition) is 1. The van der Waals surface area contributed by atoms with Crippen molar-refractivity contribution in [1.29, 1.82) is 0 Å². The van der Waals surface area contributed by atoms with Gasteiger partial charge in [-0.25, -0.2) is 0 Å². The third kappa shape index (κ3) is 3.04. The van der Waals surface area contributed by atoms with E-state index in [1.54, 1.807) is 0 Å². The van der Waals surface area contributed by atoms with Gasteiger partial charge in [-0.3, -0.25) is 0 Å². The van der Waals surface area contributed by atoms with Crippen LogP contribution in [0.15, 0.2) is 54.6 Å². The number of anilines is 1. The van der Waals surface area contributed by atoms with E-state index < -0.39 is 0 Å². The minimum atomic E-state index is 0.645. The summed E-state index contributed by atoms with van der Waals surface area (Å²) < 4.78 is 0. The summed E-state index contributed by atoms with van der Waals surface area (Å²) >= 11 is 0. The topological polar surface area (TPSA) is 12.0 Å². The third-order valence-electron chi connectivity index (χ3n) is 4.46. The van der Waals surface area contributed by atoms with Crippen LogP contribution in [-0.2, 0) is 6.42 Å². The monoisotopic (exact) mass is 265 g/mol. The van der Waals surface area contributed by atoms with Gasteiger partial charge in [0.1, 0.15) is 0 Å². The fourth-order valence-electron chi connectivity index (χ4n) is 3.19. The van der Waals surface area contributed by atoms with E-state index in [1.165, 1.54) is 36.1 Å². The van der Waals surface area contributed by atoms with Crippen molar-refractivity contribution in [1.82, 2.24) is 0 Å². The van der Waals surface area contributed by atoms with Crippen molar-refractivity contribution in [3.63, 3.8) is 0 Å². The van der Waals surface area contributed by atoms with E-state index in [1.807, 2.05) is 0 Å². The maximum absolute atomic E-state index is 3.78. The van der Waals surface area contributed by atoms with Crippen LogP contribution in [-0.4, -0.2) is 6.04 Å².